The second-order valence-corrected chi connectivity index (χ2v) is 4.30. The van der Waals surface area contributed by atoms with E-state index in [9.17, 15) is 0 Å². The minimum atomic E-state index is -0.378. The Labute approximate surface area is 99.6 Å². The number of nitrogens with zero attached hydrogens (tertiary/aromatic N) is 2. The van der Waals surface area contributed by atoms with E-state index in [2.05, 4.69) is 10.2 Å². The van der Waals surface area contributed by atoms with Crippen LogP contribution in [0, 0.1) is 0 Å². The normalized spacial score (nSPS) is 11.5. The fourth-order valence-corrected chi connectivity index (χ4v) is 1.62. The molecule has 1 heterocycles. The maximum Gasteiger partial charge on any atom is 0.312 e. The topological polar surface area (TPSA) is 74.2 Å². The van der Waals surface area contributed by atoms with Gasteiger partial charge in [-0.3, -0.25) is 0 Å². The zero-order valence-corrected chi connectivity index (χ0v) is 10.1. The van der Waals surface area contributed by atoms with Gasteiger partial charge in [-0.25, -0.2) is 0 Å². The highest BCUT2D eigenvalue weighted by Gasteiger charge is 2.29. The highest BCUT2D eigenvalue weighted by Crippen LogP contribution is 2.31. The SMILES string of the molecule is COc1ccc(C(C)(C)c2nnc(N)o2)cc1. The molecule has 0 spiro atoms. The van der Waals surface area contributed by atoms with Crippen LogP contribution in [-0.2, 0) is 5.41 Å². The van der Waals surface area contributed by atoms with Crippen molar-refractivity contribution in [2.24, 2.45) is 0 Å². The number of benzene rings is 1. The molecular formula is C12H15N3O2. The lowest BCUT2D eigenvalue weighted by atomic mass is 9.84. The molecule has 0 fully saturated rings. The van der Waals surface area contributed by atoms with Crippen molar-refractivity contribution in [1.29, 1.82) is 0 Å². The molecule has 5 heteroatoms. The third kappa shape index (κ3) is 2.08. The average molecular weight is 233 g/mol. The van der Waals surface area contributed by atoms with Gasteiger partial charge in [0, 0.05) is 0 Å². The third-order valence-corrected chi connectivity index (χ3v) is 2.79. The number of methoxy groups -OCH3 is 1. The number of anilines is 1. The Morgan fingerprint density at radius 3 is 2.29 bits per heavy atom. The van der Waals surface area contributed by atoms with E-state index in [0.717, 1.165) is 11.3 Å². The lowest BCUT2D eigenvalue weighted by Gasteiger charge is -2.20. The lowest BCUT2D eigenvalue weighted by molar-refractivity contribution is 0.410. The van der Waals surface area contributed by atoms with Gasteiger partial charge in [0.2, 0.25) is 5.89 Å². The molecule has 2 rings (SSSR count). The zero-order chi connectivity index (χ0) is 12.5. The van der Waals surface area contributed by atoms with E-state index in [1.54, 1.807) is 7.11 Å². The molecule has 2 N–H and O–H groups in total. The van der Waals surface area contributed by atoms with Gasteiger partial charge in [-0.05, 0) is 31.5 Å². The molecule has 1 aromatic carbocycles. The van der Waals surface area contributed by atoms with Gasteiger partial charge in [-0.2, -0.15) is 0 Å². The predicted octanol–water partition coefficient (Wildman–Crippen LogP) is 1.99. The van der Waals surface area contributed by atoms with Crippen LogP contribution in [0.25, 0.3) is 0 Å². The maximum atomic E-state index is 5.44. The third-order valence-electron chi connectivity index (χ3n) is 2.79. The zero-order valence-electron chi connectivity index (χ0n) is 10.1. The first kappa shape index (κ1) is 11.4. The van der Waals surface area contributed by atoms with Crippen LogP contribution in [0.3, 0.4) is 0 Å². The summed E-state index contributed by atoms with van der Waals surface area (Å²) >= 11 is 0. The lowest BCUT2D eigenvalue weighted by Crippen LogP contribution is -2.19. The molecule has 0 bridgehead atoms. The van der Waals surface area contributed by atoms with Crippen molar-refractivity contribution in [2.45, 2.75) is 19.3 Å². The van der Waals surface area contributed by atoms with E-state index in [0.29, 0.717) is 5.89 Å². The number of hydrogen-bond donors (Lipinski definition) is 1. The Kier molecular flexibility index (Phi) is 2.75. The van der Waals surface area contributed by atoms with E-state index in [1.165, 1.54) is 0 Å². The van der Waals surface area contributed by atoms with Crippen LogP contribution in [0.5, 0.6) is 5.75 Å². The first-order valence-electron chi connectivity index (χ1n) is 5.28. The van der Waals surface area contributed by atoms with E-state index in [4.69, 9.17) is 14.9 Å². The summed E-state index contributed by atoms with van der Waals surface area (Å²) in [6.45, 7) is 4.00. The van der Waals surface area contributed by atoms with Gasteiger partial charge in [0.25, 0.3) is 0 Å². The van der Waals surface area contributed by atoms with Crippen molar-refractivity contribution in [3.8, 4) is 5.75 Å². The molecule has 2 aromatic rings. The highest BCUT2D eigenvalue weighted by molar-refractivity contribution is 5.35. The van der Waals surface area contributed by atoms with Gasteiger partial charge >= 0.3 is 6.01 Å². The number of ether oxygens (including phenoxy) is 1. The fourth-order valence-electron chi connectivity index (χ4n) is 1.62. The van der Waals surface area contributed by atoms with Crippen molar-refractivity contribution < 1.29 is 9.15 Å². The molecular weight excluding hydrogens is 218 g/mol. The van der Waals surface area contributed by atoms with E-state index < -0.39 is 0 Å². The van der Waals surface area contributed by atoms with Crippen LogP contribution < -0.4 is 10.5 Å². The summed E-state index contributed by atoms with van der Waals surface area (Å²) in [7, 11) is 1.64. The quantitative estimate of drug-likeness (QED) is 0.877. The monoisotopic (exact) mass is 233 g/mol. The molecule has 0 atom stereocenters. The Balaban J connectivity index is 2.36. The molecule has 5 nitrogen and oxygen atoms in total. The minimum absolute atomic E-state index is 0.0848. The molecule has 0 saturated carbocycles. The van der Waals surface area contributed by atoms with Gasteiger partial charge in [-0.15, -0.1) is 5.10 Å². The number of nitrogens with two attached hydrogens (primary N) is 1. The van der Waals surface area contributed by atoms with Gasteiger partial charge in [-0.1, -0.05) is 17.2 Å². The molecule has 0 unspecified atom stereocenters. The first-order chi connectivity index (χ1) is 8.04. The standard InChI is InChI=1S/C12H15N3O2/c1-12(2,10-14-15-11(13)17-10)8-4-6-9(16-3)7-5-8/h4-7H,1-3H3,(H2,13,15). The summed E-state index contributed by atoms with van der Waals surface area (Å²) in [5.41, 5.74) is 6.12. The summed E-state index contributed by atoms with van der Waals surface area (Å²) in [6, 6.07) is 7.83. The van der Waals surface area contributed by atoms with Crippen LogP contribution in [0.2, 0.25) is 0 Å². The van der Waals surface area contributed by atoms with Crippen molar-refractivity contribution in [2.75, 3.05) is 12.8 Å². The second kappa shape index (κ2) is 4.08. The Hall–Kier alpha value is -2.04. The Morgan fingerprint density at radius 2 is 1.82 bits per heavy atom. The summed E-state index contributed by atoms with van der Waals surface area (Å²) in [6.07, 6.45) is 0. The fraction of sp³-hybridized carbons (Fsp3) is 0.333. The average Bonchev–Trinajstić information content (AvgIpc) is 2.77. The van der Waals surface area contributed by atoms with E-state index in [1.807, 2.05) is 38.1 Å². The largest absolute Gasteiger partial charge is 0.497 e. The molecule has 0 aliphatic heterocycles. The summed E-state index contributed by atoms with van der Waals surface area (Å²) in [5.74, 6) is 1.31. The van der Waals surface area contributed by atoms with Gasteiger partial charge < -0.3 is 14.9 Å². The number of rotatable bonds is 3. The van der Waals surface area contributed by atoms with E-state index in [-0.39, 0.29) is 11.4 Å². The van der Waals surface area contributed by atoms with Crippen molar-refractivity contribution >= 4 is 6.01 Å². The molecule has 0 aliphatic rings. The van der Waals surface area contributed by atoms with Crippen molar-refractivity contribution in [3.05, 3.63) is 35.7 Å². The van der Waals surface area contributed by atoms with Crippen molar-refractivity contribution in [1.82, 2.24) is 10.2 Å². The number of aromatic nitrogens is 2. The molecule has 0 amide bonds. The molecule has 17 heavy (non-hydrogen) atoms. The van der Waals surface area contributed by atoms with Gasteiger partial charge in [0.05, 0.1) is 12.5 Å². The first-order valence-corrected chi connectivity index (χ1v) is 5.28. The van der Waals surface area contributed by atoms with Gasteiger partial charge in [0.15, 0.2) is 0 Å². The molecule has 1 aromatic heterocycles. The predicted molar refractivity (Wildman–Crippen MR) is 63.8 cm³/mol. The number of nitrogen functional groups attached to an aromatic ring is 1. The van der Waals surface area contributed by atoms with Crippen molar-refractivity contribution in [3.63, 3.8) is 0 Å². The highest BCUT2D eigenvalue weighted by atomic mass is 16.5. The molecule has 0 radical (unpaired) electrons. The van der Waals surface area contributed by atoms with Crippen LogP contribution >= 0.6 is 0 Å². The van der Waals surface area contributed by atoms with Crippen LogP contribution in [0.15, 0.2) is 28.7 Å². The van der Waals surface area contributed by atoms with Crippen LogP contribution in [-0.4, -0.2) is 17.3 Å². The number of hydrogen-bond acceptors (Lipinski definition) is 5. The summed E-state index contributed by atoms with van der Waals surface area (Å²) in [5, 5.41) is 7.61. The summed E-state index contributed by atoms with van der Waals surface area (Å²) < 4.78 is 10.4. The van der Waals surface area contributed by atoms with Gasteiger partial charge in [0.1, 0.15) is 5.75 Å². The Bertz CT molecular complexity index is 503. The molecule has 0 saturated heterocycles. The molecule has 90 valence electrons. The molecule has 0 aliphatic carbocycles. The van der Waals surface area contributed by atoms with Crippen LogP contribution in [0.1, 0.15) is 25.3 Å². The Morgan fingerprint density at radius 1 is 1.18 bits per heavy atom. The smallest absolute Gasteiger partial charge is 0.312 e. The summed E-state index contributed by atoms with van der Waals surface area (Å²) in [4.78, 5) is 0. The minimum Gasteiger partial charge on any atom is -0.497 e. The van der Waals surface area contributed by atoms with E-state index >= 15 is 0 Å². The maximum absolute atomic E-state index is 5.44. The van der Waals surface area contributed by atoms with Crippen LogP contribution in [0.4, 0.5) is 6.01 Å². The second-order valence-electron chi connectivity index (χ2n) is 4.30.